The number of imidazole rings is 1. The van der Waals surface area contributed by atoms with E-state index >= 15 is 0 Å². The van der Waals surface area contributed by atoms with Gasteiger partial charge in [-0.1, -0.05) is 30.3 Å². The number of anilines is 2. The third-order valence-electron chi connectivity index (χ3n) is 8.10. The summed E-state index contributed by atoms with van der Waals surface area (Å²) >= 11 is 0. The van der Waals surface area contributed by atoms with Crippen molar-refractivity contribution in [1.82, 2.24) is 24.3 Å². The minimum Gasteiger partial charge on any atom is -0.410 e. The number of piperidine rings is 1. The van der Waals surface area contributed by atoms with Gasteiger partial charge in [0.25, 0.3) is 5.91 Å². The summed E-state index contributed by atoms with van der Waals surface area (Å²) in [6.07, 6.45) is 8.93. The van der Waals surface area contributed by atoms with Crippen molar-refractivity contribution >= 4 is 29.2 Å². The maximum atomic E-state index is 13.0. The highest BCUT2D eigenvalue weighted by Gasteiger charge is 2.30. The number of aromatic nitrogens is 4. The highest BCUT2D eigenvalue weighted by atomic mass is 16.6. The number of pyridine rings is 1. The summed E-state index contributed by atoms with van der Waals surface area (Å²) in [4.78, 5) is 41.4. The van der Waals surface area contributed by atoms with Crippen LogP contribution in [0, 0.1) is 0 Å². The molecule has 1 aliphatic heterocycles. The number of rotatable bonds is 6. The first kappa shape index (κ1) is 26.6. The van der Waals surface area contributed by atoms with E-state index in [1.54, 1.807) is 41.6 Å². The van der Waals surface area contributed by atoms with Crippen LogP contribution in [-0.2, 0) is 0 Å². The maximum absolute atomic E-state index is 13.0. The molecule has 10 heteroatoms. The number of hydrogen-bond donors (Lipinski definition) is 2. The average Bonchev–Trinajstić information content (AvgIpc) is 3.82. The SMILES string of the molecule is Nc1nccn2c([C@@H]3CCCN(C(=O)Oc4ccccc4)C3)nc(-c3ccc(C(=O)Nc4cc(C5CC5)ccn4)cc3)c12. The summed E-state index contributed by atoms with van der Waals surface area (Å²) in [6.45, 7) is 1.09. The molecule has 0 spiro atoms. The summed E-state index contributed by atoms with van der Waals surface area (Å²) in [5.41, 5.74) is 10.3. The molecule has 7 rings (SSSR count). The first-order chi connectivity index (χ1) is 21.0. The lowest BCUT2D eigenvalue weighted by Crippen LogP contribution is -2.41. The van der Waals surface area contributed by atoms with Crippen LogP contribution in [0.3, 0.4) is 0 Å². The molecular weight excluding hydrogens is 542 g/mol. The van der Waals surface area contributed by atoms with Crippen LogP contribution >= 0.6 is 0 Å². The number of ether oxygens (including phenoxy) is 1. The van der Waals surface area contributed by atoms with Gasteiger partial charge in [0.15, 0.2) is 0 Å². The lowest BCUT2D eigenvalue weighted by molar-refractivity contribution is 0.102. The van der Waals surface area contributed by atoms with Gasteiger partial charge in [-0.05, 0) is 73.6 Å². The third kappa shape index (κ3) is 5.51. The molecule has 1 atom stereocenters. The number of para-hydroxylation sites is 1. The fourth-order valence-corrected chi connectivity index (χ4v) is 5.74. The van der Waals surface area contributed by atoms with Crippen molar-refractivity contribution in [1.29, 1.82) is 0 Å². The molecule has 1 aliphatic carbocycles. The number of nitrogens with one attached hydrogen (secondary N) is 1. The Morgan fingerprint density at radius 2 is 1.74 bits per heavy atom. The molecule has 1 saturated carbocycles. The van der Waals surface area contributed by atoms with Crippen molar-refractivity contribution in [2.45, 2.75) is 37.5 Å². The van der Waals surface area contributed by atoms with Gasteiger partial charge in [-0.2, -0.15) is 0 Å². The Balaban J connectivity index is 1.12. The van der Waals surface area contributed by atoms with E-state index in [1.807, 2.05) is 53.1 Å². The summed E-state index contributed by atoms with van der Waals surface area (Å²) in [5, 5.41) is 2.91. The van der Waals surface area contributed by atoms with Gasteiger partial charge in [-0.3, -0.25) is 9.20 Å². The third-order valence-corrected chi connectivity index (χ3v) is 8.10. The monoisotopic (exact) mass is 573 g/mol. The van der Waals surface area contributed by atoms with Gasteiger partial charge >= 0.3 is 6.09 Å². The Hall–Kier alpha value is -5.25. The second-order valence-electron chi connectivity index (χ2n) is 11.1. The number of amides is 2. The van der Waals surface area contributed by atoms with E-state index in [-0.39, 0.29) is 17.9 Å². The quantitative estimate of drug-likeness (QED) is 0.260. The zero-order chi connectivity index (χ0) is 29.3. The Kier molecular flexibility index (Phi) is 6.94. The Labute approximate surface area is 248 Å². The van der Waals surface area contributed by atoms with Crippen LogP contribution < -0.4 is 15.8 Å². The molecule has 3 aromatic heterocycles. The molecule has 2 amide bonds. The lowest BCUT2D eigenvalue weighted by atomic mass is 9.97. The Morgan fingerprint density at radius 3 is 2.53 bits per heavy atom. The highest BCUT2D eigenvalue weighted by Crippen LogP contribution is 2.40. The van der Waals surface area contributed by atoms with Crippen molar-refractivity contribution in [3.8, 4) is 17.0 Å². The predicted molar refractivity (Wildman–Crippen MR) is 163 cm³/mol. The van der Waals surface area contributed by atoms with E-state index < -0.39 is 0 Å². The van der Waals surface area contributed by atoms with Crippen LogP contribution in [0.15, 0.2) is 85.3 Å². The predicted octanol–water partition coefficient (Wildman–Crippen LogP) is 5.88. The molecular formula is C33H31N7O3. The number of carbonyl (C=O) groups excluding carboxylic acids is 2. The van der Waals surface area contributed by atoms with Gasteiger partial charge in [0, 0.05) is 48.7 Å². The van der Waals surface area contributed by atoms with Crippen molar-refractivity contribution in [2.75, 3.05) is 24.1 Å². The van der Waals surface area contributed by atoms with E-state index in [4.69, 9.17) is 15.5 Å². The standard InChI is InChI=1S/C33H31N7O3/c34-30-29-28(22-10-12-23(13-11-22)32(41)37-27-19-24(14-15-35-27)21-8-9-21)38-31(40(29)18-16-36-30)25-5-4-17-39(20-25)33(42)43-26-6-2-1-3-7-26/h1-3,6-7,10-16,18-19,21,25H,4-5,8-9,17,20H2,(H2,34,36)(H,35,37,41)/t25-/m1/s1. The molecule has 5 aromatic rings. The maximum Gasteiger partial charge on any atom is 0.415 e. The van der Waals surface area contributed by atoms with Crippen LogP contribution in [0.2, 0.25) is 0 Å². The number of likely N-dealkylation sites (tertiary alicyclic amines) is 1. The van der Waals surface area contributed by atoms with Crippen molar-refractivity contribution in [3.05, 3.63) is 102 Å². The second-order valence-corrected chi connectivity index (χ2v) is 11.1. The van der Waals surface area contributed by atoms with Gasteiger partial charge in [-0.25, -0.2) is 19.7 Å². The zero-order valence-corrected chi connectivity index (χ0v) is 23.5. The molecule has 0 bridgehead atoms. The zero-order valence-electron chi connectivity index (χ0n) is 23.5. The molecule has 0 unspecified atom stereocenters. The molecule has 43 heavy (non-hydrogen) atoms. The van der Waals surface area contributed by atoms with Crippen LogP contribution in [0.4, 0.5) is 16.4 Å². The fraction of sp³-hybridized carbons (Fsp3) is 0.242. The fourth-order valence-electron chi connectivity index (χ4n) is 5.74. The minimum atomic E-state index is -0.374. The molecule has 2 aliphatic rings. The number of fused-ring (bicyclic) bond motifs is 1. The molecule has 0 radical (unpaired) electrons. The molecule has 216 valence electrons. The van der Waals surface area contributed by atoms with Crippen molar-refractivity contribution in [3.63, 3.8) is 0 Å². The number of nitrogen functional groups attached to an aromatic ring is 1. The van der Waals surface area contributed by atoms with E-state index in [0.717, 1.165) is 24.2 Å². The summed E-state index contributed by atoms with van der Waals surface area (Å²) in [5.74, 6) is 2.56. The van der Waals surface area contributed by atoms with Gasteiger partial charge in [-0.15, -0.1) is 0 Å². The lowest BCUT2D eigenvalue weighted by Gasteiger charge is -2.31. The summed E-state index contributed by atoms with van der Waals surface area (Å²) in [7, 11) is 0. The number of hydrogen-bond acceptors (Lipinski definition) is 7. The van der Waals surface area contributed by atoms with Crippen molar-refractivity contribution in [2.24, 2.45) is 0 Å². The number of nitrogens with zero attached hydrogens (tertiary/aromatic N) is 5. The Morgan fingerprint density at radius 1 is 0.930 bits per heavy atom. The van der Waals surface area contributed by atoms with Crippen LogP contribution in [0.25, 0.3) is 16.8 Å². The second kappa shape index (κ2) is 11.2. The molecule has 2 aromatic carbocycles. The van der Waals surface area contributed by atoms with Gasteiger partial charge in [0.2, 0.25) is 0 Å². The van der Waals surface area contributed by atoms with Crippen LogP contribution in [-0.4, -0.2) is 49.3 Å². The van der Waals surface area contributed by atoms with Gasteiger partial charge in [0.1, 0.15) is 34.4 Å². The summed E-state index contributed by atoms with van der Waals surface area (Å²) < 4.78 is 7.57. The topological polar surface area (TPSA) is 128 Å². The van der Waals surface area contributed by atoms with E-state index in [0.29, 0.717) is 53.2 Å². The Bertz CT molecular complexity index is 1800. The molecule has 1 saturated heterocycles. The van der Waals surface area contributed by atoms with Crippen molar-refractivity contribution < 1.29 is 14.3 Å². The first-order valence-corrected chi connectivity index (χ1v) is 14.6. The number of benzene rings is 2. The highest BCUT2D eigenvalue weighted by molar-refractivity contribution is 6.04. The van der Waals surface area contributed by atoms with Crippen LogP contribution in [0.1, 0.15) is 59.3 Å². The number of nitrogens with two attached hydrogens (primary N) is 1. The minimum absolute atomic E-state index is 0.0240. The summed E-state index contributed by atoms with van der Waals surface area (Å²) in [6, 6.07) is 20.3. The molecule has 3 N–H and O–H groups in total. The molecule has 2 fully saturated rings. The van der Waals surface area contributed by atoms with Gasteiger partial charge in [0.05, 0.1) is 0 Å². The van der Waals surface area contributed by atoms with E-state index in [9.17, 15) is 9.59 Å². The number of carbonyl (C=O) groups is 2. The largest absolute Gasteiger partial charge is 0.415 e. The van der Waals surface area contributed by atoms with Crippen LogP contribution in [0.5, 0.6) is 5.75 Å². The molecule has 4 heterocycles. The average molecular weight is 574 g/mol. The smallest absolute Gasteiger partial charge is 0.410 e. The first-order valence-electron chi connectivity index (χ1n) is 14.6. The van der Waals surface area contributed by atoms with E-state index in [2.05, 4.69) is 15.3 Å². The normalized spacial score (nSPS) is 16.7. The van der Waals surface area contributed by atoms with E-state index in [1.165, 1.54) is 18.4 Å². The van der Waals surface area contributed by atoms with Gasteiger partial charge < -0.3 is 20.7 Å². The molecule has 10 nitrogen and oxygen atoms in total.